The first kappa shape index (κ1) is 43.0. The van der Waals surface area contributed by atoms with Crippen LogP contribution >= 0.6 is 0 Å². The van der Waals surface area contributed by atoms with Gasteiger partial charge in [-0.2, -0.15) is 5.11 Å². The van der Waals surface area contributed by atoms with Gasteiger partial charge in [-0.15, -0.1) is 25.6 Å². The number of ether oxygens (including phenoxy) is 2. The lowest BCUT2D eigenvalue weighted by Gasteiger charge is -2.26. The number of nitrogens with one attached hydrogen (secondary N) is 1. The second kappa shape index (κ2) is 19.6. The molecule has 1 saturated carbocycles. The lowest BCUT2D eigenvalue weighted by molar-refractivity contribution is 0.120. The van der Waals surface area contributed by atoms with Gasteiger partial charge in [0.2, 0.25) is 6.79 Å². The molecule has 1 aliphatic rings. The van der Waals surface area contributed by atoms with Gasteiger partial charge in [0.15, 0.2) is 0 Å². The minimum atomic E-state index is 0.103. The van der Waals surface area contributed by atoms with Crippen molar-refractivity contribution in [1.82, 2.24) is 0 Å². The molecule has 1 aliphatic carbocycles. The molecule has 0 heterocycles. The van der Waals surface area contributed by atoms with Crippen molar-refractivity contribution < 1.29 is 9.47 Å². The van der Waals surface area contributed by atoms with Crippen molar-refractivity contribution in [3.05, 3.63) is 163 Å². The first-order valence-corrected chi connectivity index (χ1v) is 22.8. The van der Waals surface area contributed by atoms with Crippen LogP contribution < -0.4 is 14.8 Å². The van der Waals surface area contributed by atoms with E-state index in [9.17, 15) is 0 Å². The summed E-state index contributed by atoms with van der Waals surface area (Å²) in [4.78, 5) is 0. The van der Waals surface area contributed by atoms with Crippen LogP contribution in [0.3, 0.4) is 0 Å². The van der Waals surface area contributed by atoms with Crippen LogP contribution in [0.4, 0.5) is 39.8 Å². The van der Waals surface area contributed by atoms with Gasteiger partial charge < -0.3 is 14.8 Å². The quantitative estimate of drug-likeness (QED) is 0.0820. The molecule has 0 saturated heterocycles. The topological polar surface area (TPSA) is 105 Å². The predicted molar refractivity (Wildman–Crippen MR) is 266 cm³/mol. The van der Waals surface area contributed by atoms with Gasteiger partial charge in [0.25, 0.3) is 0 Å². The molecule has 0 unspecified atom stereocenters. The minimum absolute atomic E-state index is 0.103. The van der Waals surface area contributed by atoms with E-state index in [1.165, 1.54) is 31.2 Å². The Morgan fingerprint density at radius 2 is 0.877 bits per heavy atom. The van der Waals surface area contributed by atoms with Crippen LogP contribution in [0.25, 0.3) is 32.3 Å². The minimum Gasteiger partial charge on any atom is -0.458 e. The molecule has 0 atom stereocenters. The maximum absolute atomic E-state index is 5.84. The third-order valence-electron chi connectivity index (χ3n) is 13.0. The molecule has 1 fully saturated rings. The zero-order chi connectivity index (χ0) is 44.6. The fourth-order valence-electron chi connectivity index (χ4n) is 8.50. The van der Waals surface area contributed by atoms with E-state index in [1.807, 2.05) is 103 Å². The summed E-state index contributed by atoms with van der Waals surface area (Å²) in [6.07, 6.45) is 6.31. The van der Waals surface area contributed by atoms with Crippen molar-refractivity contribution in [2.24, 2.45) is 42.5 Å². The monoisotopic (exact) mass is 857 g/mol. The molecular weight excluding hydrogens is 803 g/mol. The van der Waals surface area contributed by atoms with Gasteiger partial charge in [-0.25, -0.2) is 0 Å². The molecule has 9 heteroatoms. The van der Waals surface area contributed by atoms with Crippen LogP contribution in [0.1, 0.15) is 65.4 Å². The molecule has 65 heavy (non-hydrogen) atoms. The van der Waals surface area contributed by atoms with E-state index in [0.29, 0.717) is 11.4 Å². The lowest BCUT2D eigenvalue weighted by atomic mass is 9.82. The van der Waals surface area contributed by atoms with Crippen molar-refractivity contribution >= 4 is 72.1 Å². The molecule has 0 amide bonds. The molecule has 0 radical (unpaired) electrons. The molecule has 0 spiro atoms. The summed E-state index contributed by atoms with van der Waals surface area (Å²) >= 11 is 0. The number of rotatable bonds is 15. The van der Waals surface area contributed by atoms with Gasteiger partial charge >= 0.3 is 0 Å². The normalized spacial score (nSPS) is 15.8. The van der Waals surface area contributed by atoms with Crippen molar-refractivity contribution in [3.63, 3.8) is 0 Å². The second-order valence-electron chi connectivity index (χ2n) is 17.7. The SMILES string of the molecule is CCC(C)(C)c1ccc(OCOc2ccc(N=Nc3ccc(N=Nc4ccc(N=Nc5ccc(NCC6CCC(C)CC6)c6ccccc56)c5ccccc45)c4ccccc34)cc2)cc1. The highest BCUT2D eigenvalue weighted by Crippen LogP contribution is 2.40. The number of hydrogen-bond acceptors (Lipinski definition) is 9. The molecule has 0 aliphatic heterocycles. The van der Waals surface area contributed by atoms with Crippen LogP contribution in [-0.4, -0.2) is 13.3 Å². The number of azo groups is 3. The van der Waals surface area contributed by atoms with Gasteiger partial charge in [-0.05, 0) is 115 Å². The molecule has 8 aromatic carbocycles. The first-order chi connectivity index (χ1) is 31.8. The van der Waals surface area contributed by atoms with E-state index < -0.39 is 0 Å². The Balaban J connectivity index is 0.871. The van der Waals surface area contributed by atoms with Gasteiger partial charge in [0, 0.05) is 44.5 Å². The number of hydrogen-bond donors (Lipinski definition) is 1. The van der Waals surface area contributed by atoms with E-state index in [1.54, 1.807) is 0 Å². The van der Waals surface area contributed by atoms with E-state index in [4.69, 9.17) is 29.9 Å². The Morgan fingerprint density at radius 1 is 0.477 bits per heavy atom. The highest BCUT2D eigenvalue weighted by molar-refractivity contribution is 6.02. The standard InChI is InChI=1S/C56H55N7O2/c1-5-56(3,4)40-22-26-42(27-23-40)64-37-65-43-28-24-41(25-29-43)58-59-51-32-33-53(47-15-9-8-14-46(47)51)62-63-55-35-34-54(48-16-10-11-17-49(48)55)61-60-52-31-30-50(44-12-6-7-13-45(44)52)57-36-39-20-18-38(2)19-21-39/h6-17,22-35,38-39,57H,5,18-21,36-37H2,1-4H3. The van der Waals surface area contributed by atoms with E-state index >= 15 is 0 Å². The lowest BCUT2D eigenvalue weighted by Crippen LogP contribution is -2.20. The third kappa shape index (κ3) is 10.1. The number of nitrogens with zero attached hydrogens (tertiary/aromatic N) is 6. The fraction of sp³-hybridized carbons (Fsp3) is 0.250. The number of anilines is 1. The van der Waals surface area contributed by atoms with Gasteiger partial charge in [0.1, 0.15) is 11.5 Å². The number of benzene rings is 8. The summed E-state index contributed by atoms with van der Waals surface area (Å²) in [5, 5.41) is 38.0. The van der Waals surface area contributed by atoms with E-state index in [2.05, 4.69) is 97.8 Å². The average Bonchev–Trinajstić information content (AvgIpc) is 3.35. The second-order valence-corrected chi connectivity index (χ2v) is 17.7. The Morgan fingerprint density at radius 3 is 1.34 bits per heavy atom. The summed E-state index contributed by atoms with van der Waals surface area (Å²) in [5.41, 5.74) is 7.07. The van der Waals surface area contributed by atoms with Crippen molar-refractivity contribution in [3.8, 4) is 11.5 Å². The summed E-state index contributed by atoms with van der Waals surface area (Å²) in [6, 6.07) is 52.3. The summed E-state index contributed by atoms with van der Waals surface area (Å²) in [7, 11) is 0. The Bertz CT molecular complexity index is 3010. The molecule has 0 bridgehead atoms. The van der Waals surface area contributed by atoms with Gasteiger partial charge in [-0.1, -0.05) is 125 Å². The smallest absolute Gasteiger partial charge is 0.230 e. The van der Waals surface area contributed by atoms with Crippen LogP contribution in [0, 0.1) is 11.8 Å². The summed E-state index contributed by atoms with van der Waals surface area (Å²) < 4.78 is 11.7. The molecule has 0 aromatic heterocycles. The van der Waals surface area contributed by atoms with Crippen LogP contribution in [0.15, 0.2) is 188 Å². The highest BCUT2D eigenvalue weighted by atomic mass is 16.7. The van der Waals surface area contributed by atoms with E-state index in [0.717, 1.165) is 97.0 Å². The highest BCUT2D eigenvalue weighted by Gasteiger charge is 2.19. The maximum atomic E-state index is 5.84. The average molecular weight is 858 g/mol. The Kier molecular flexibility index (Phi) is 13.0. The number of fused-ring (bicyclic) bond motifs is 3. The molecule has 326 valence electrons. The zero-order valence-electron chi connectivity index (χ0n) is 37.6. The largest absolute Gasteiger partial charge is 0.458 e. The molecule has 9 rings (SSSR count). The van der Waals surface area contributed by atoms with Gasteiger partial charge in [-0.3, -0.25) is 0 Å². The van der Waals surface area contributed by atoms with Crippen LogP contribution in [0.2, 0.25) is 0 Å². The maximum Gasteiger partial charge on any atom is 0.230 e. The first-order valence-electron chi connectivity index (χ1n) is 22.8. The van der Waals surface area contributed by atoms with Gasteiger partial charge in [0.05, 0.1) is 34.1 Å². The van der Waals surface area contributed by atoms with Crippen LogP contribution in [-0.2, 0) is 5.41 Å². The van der Waals surface area contributed by atoms with Crippen LogP contribution in [0.5, 0.6) is 11.5 Å². The molecule has 1 N–H and O–H groups in total. The van der Waals surface area contributed by atoms with E-state index in [-0.39, 0.29) is 12.2 Å². The fourth-order valence-corrected chi connectivity index (χ4v) is 8.50. The van der Waals surface area contributed by atoms with Crippen molar-refractivity contribution in [2.45, 2.75) is 65.2 Å². The third-order valence-corrected chi connectivity index (χ3v) is 13.0. The summed E-state index contributed by atoms with van der Waals surface area (Å²) in [6.45, 7) is 10.2. The Labute approximate surface area is 381 Å². The molecule has 8 aromatic rings. The zero-order valence-corrected chi connectivity index (χ0v) is 37.6. The molecule has 9 nitrogen and oxygen atoms in total. The Hall–Kier alpha value is -7.26. The van der Waals surface area contributed by atoms with Crippen molar-refractivity contribution in [2.75, 3.05) is 18.7 Å². The predicted octanol–water partition coefficient (Wildman–Crippen LogP) is 17.7. The van der Waals surface area contributed by atoms with Crippen molar-refractivity contribution in [1.29, 1.82) is 0 Å². The summed E-state index contributed by atoms with van der Waals surface area (Å²) in [5.74, 6) is 3.02. The molecular formula is C56H55N7O2.